The van der Waals surface area contributed by atoms with Crippen LogP contribution in [0.1, 0.15) is 23.2 Å². The second kappa shape index (κ2) is 5.86. The lowest BCUT2D eigenvalue weighted by Crippen LogP contribution is -2.19. The standard InChI is InChI=1S/C13H15N3O2/c14-12-6-2-1-5-11(12)13(17)16-15-8-10-4-3-7-18-9-10/h1-2,5-6,8-9H,3-4,7,14H2,(H,16,17)/b15-8-. The van der Waals surface area contributed by atoms with E-state index in [2.05, 4.69) is 10.5 Å². The molecule has 1 aromatic carbocycles. The van der Waals surface area contributed by atoms with Crippen molar-refractivity contribution < 1.29 is 9.53 Å². The Bertz CT molecular complexity index is 495. The number of rotatable bonds is 3. The van der Waals surface area contributed by atoms with Crippen LogP contribution < -0.4 is 11.2 Å². The number of nitrogen functional groups attached to an aromatic ring is 1. The molecular weight excluding hydrogens is 230 g/mol. The molecule has 0 radical (unpaired) electrons. The highest BCUT2D eigenvalue weighted by atomic mass is 16.5. The highest BCUT2D eigenvalue weighted by molar-refractivity contribution is 5.99. The smallest absolute Gasteiger partial charge is 0.273 e. The summed E-state index contributed by atoms with van der Waals surface area (Å²) >= 11 is 0. The van der Waals surface area contributed by atoms with E-state index in [0.717, 1.165) is 25.0 Å². The molecule has 18 heavy (non-hydrogen) atoms. The largest absolute Gasteiger partial charge is 0.501 e. The third kappa shape index (κ3) is 3.10. The average Bonchev–Trinajstić information content (AvgIpc) is 2.40. The van der Waals surface area contributed by atoms with Gasteiger partial charge in [-0.15, -0.1) is 0 Å². The van der Waals surface area contributed by atoms with Crippen LogP contribution in [0.5, 0.6) is 0 Å². The Morgan fingerprint density at radius 2 is 2.28 bits per heavy atom. The molecule has 0 bridgehead atoms. The maximum atomic E-state index is 11.8. The number of hydrazone groups is 1. The number of anilines is 1. The van der Waals surface area contributed by atoms with E-state index in [1.165, 1.54) is 0 Å². The van der Waals surface area contributed by atoms with Crippen molar-refractivity contribution in [1.29, 1.82) is 0 Å². The molecule has 0 aromatic heterocycles. The lowest BCUT2D eigenvalue weighted by atomic mass is 10.1. The zero-order valence-electron chi connectivity index (χ0n) is 9.93. The van der Waals surface area contributed by atoms with Gasteiger partial charge in [-0.2, -0.15) is 5.10 Å². The van der Waals surface area contributed by atoms with Crippen LogP contribution in [-0.4, -0.2) is 18.7 Å². The average molecular weight is 245 g/mol. The summed E-state index contributed by atoms with van der Waals surface area (Å²) in [6, 6.07) is 6.87. The third-order valence-electron chi connectivity index (χ3n) is 2.56. The van der Waals surface area contributed by atoms with E-state index >= 15 is 0 Å². The summed E-state index contributed by atoms with van der Waals surface area (Å²) < 4.78 is 5.16. The minimum absolute atomic E-state index is 0.318. The molecule has 0 atom stereocenters. The predicted octanol–water partition coefficient (Wildman–Crippen LogP) is 1.68. The Balaban J connectivity index is 1.94. The number of ether oxygens (including phenoxy) is 1. The van der Waals surface area contributed by atoms with Gasteiger partial charge < -0.3 is 10.5 Å². The number of allylic oxidation sites excluding steroid dienone is 1. The number of hydrogen-bond acceptors (Lipinski definition) is 4. The molecule has 0 saturated carbocycles. The van der Waals surface area contributed by atoms with Gasteiger partial charge in [0.1, 0.15) is 0 Å². The first kappa shape index (κ1) is 12.2. The fraction of sp³-hybridized carbons (Fsp3) is 0.231. The molecular formula is C13H15N3O2. The van der Waals surface area contributed by atoms with Crippen LogP contribution in [-0.2, 0) is 4.74 Å². The molecule has 2 rings (SSSR count). The third-order valence-corrected chi connectivity index (χ3v) is 2.56. The van der Waals surface area contributed by atoms with Crippen LogP contribution in [0.3, 0.4) is 0 Å². The molecule has 5 heteroatoms. The van der Waals surface area contributed by atoms with Gasteiger partial charge in [0.05, 0.1) is 24.6 Å². The molecule has 1 aliphatic rings. The van der Waals surface area contributed by atoms with Crippen molar-refractivity contribution >= 4 is 17.8 Å². The number of nitrogens with one attached hydrogen (secondary N) is 1. The van der Waals surface area contributed by atoms with Crippen molar-refractivity contribution in [3.05, 3.63) is 41.7 Å². The Hall–Kier alpha value is -2.30. The first-order chi connectivity index (χ1) is 8.77. The van der Waals surface area contributed by atoms with Gasteiger partial charge >= 0.3 is 0 Å². The molecule has 3 N–H and O–H groups in total. The van der Waals surface area contributed by atoms with Gasteiger partial charge in [0.25, 0.3) is 5.91 Å². The van der Waals surface area contributed by atoms with Crippen LogP contribution in [0.4, 0.5) is 5.69 Å². The molecule has 1 aliphatic heterocycles. The van der Waals surface area contributed by atoms with Crippen molar-refractivity contribution in [2.75, 3.05) is 12.3 Å². The van der Waals surface area contributed by atoms with Crippen LogP contribution in [0, 0.1) is 0 Å². The highest BCUT2D eigenvalue weighted by Crippen LogP contribution is 2.10. The number of nitrogens with zero attached hydrogens (tertiary/aromatic N) is 1. The maximum Gasteiger partial charge on any atom is 0.273 e. The fourth-order valence-electron chi connectivity index (χ4n) is 1.62. The van der Waals surface area contributed by atoms with E-state index in [1.54, 1.807) is 36.7 Å². The van der Waals surface area contributed by atoms with Gasteiger partial charge in [-0.05, 0) is 25.0 Å². The summed E-state index contributed by atoms with van der Waals surface area (Å²) in [4.78, 5) is 11.8. The summed E-state index contributed by atoms with van der Waals surface area (Å²) in [5.74, 6) is -0.318. The molecule has 1 heterocycles. The Morgan fingerprint density at radius 3 is 3.00 bits per heavy atom. The molecule has 1 amide bonds. The molecule has 94 valence electrons. The maximum absolute atomic E-state index is 11.8. The monoisotopic (exact) mass is 245 g/mol. The number of nitrogens with two attached hydrogens (primary N) is 1. The quantitative estimate of drug-likeness (QED) is 0.483. The Labute approximate surface area is 105 Å². The summed E-state index contributed by atoms with van der Waals surface area (Å²) in [5.41, 5.74) is 9.95. The number of hydrogen-bond donors (Lipinski definition) is 2. The Morgan fingerprint density at radius 1 is 1.44 bits per heavy atom. The second-order valence-electron chi connectivity index (χ2n) is 3.95. The summed E-state index contributed by atoms with van der Waals surface area (Å²) in [7, 11) is 0. The number of amides is 1. The Kier molecular flexibility index (Phi) is 3.96. The topological polar surface area (TPSA) is 76.7 Å². The molecule has 0 spiro atoms. The van der Waals surface area contributed by atoms with E-state index < -0.39 is 0 Å². The molecule has 5 nitrogen and oxygen atoms in total. The molecule has 0 aliphatic carbocycles. The molecule has 0 unspecified atom stereocenters. The normalized spacial score (nSPS) is 15.0. The number of benzene rings is 1. The van der Waals surface area contributed by atoms with Gasteiger partial charge in [0.15, 0.2) is 0 Å². The number of carbonyl (C=O) groups is 1. The highest BCUT2D eigenvalue weighted by Gasteiger charge is 2.07. The van der Waals surface area contributed by atoms with Gasteiger partial charge in [0.2, 0.25) is 0 Å². The van der Waals surface area contributed by atoms with Crippen molar-refractivity contribution in [2.45, 2.75) is 12.8 Å². The van der Waals surface area contributed by atoms with Crippen molar-refractivity contribution in [1.82, 2.24) is 5.43 Å². The number of carbonyl (C=O) groups excluding carboxylic acids is 1. The lowest BCUT2D eigenvalue weighted by Gasteiger charge is -2.09. The van der Waals surface area contributed by atoms with E-state index in [-0.39, 0.29) is 5.91 Å². The first-order valence-corrected chi connectivity index (χ1v) is 5.76. The molecule has 0 saturated heterocycles. The van der Waals surface area contributed by atoms with Gasteiger partial charge in [-0.25, -0.2) is 5.43 Å². The van der Waals surface area contributed by atoms with Gasteiger partial charge in [-0.3, -0.25) is 4.79 Å². The van der Waals surface area contributed by atoms with Gasteiger partial charge in [0, 0.05) is 11.3 Å². The van der Waals surface area contributed by atoms with E-state index in [9.17, 15) is 4.79 Å². The van der Waals surface area contributed by atoms with Crippen molar-refractivity contribution in [3.63, 3.8) is 0 Å². The van der Waals surface area contributed by atoms with E-state index in [1.807, 2.05) is 0 Å². The van der Waals surface area contributed by atoms with E-state index in [0.29, 0.717) is 11.3 Å². The minimum atomic E-state index is -0.318. The van der Waals surface area contributed by atoms with Crippen LogP contribution in [0.15, 0.2) is 41.2 Å². The fourth-order valence-corrected chi connectivity index (χ4v) is 1.62. The second-order valence-corrected chi connectivity index (χ2v) is 3.95. The van der Waals surface area contributed by atoms with Crippen LogP contribution >= 0.6 is 0 Å². The SMILES string of the molecule is Nc1ccccc1C(=O)N/N=C\C1=COCCC1. The summed E-state index contributed by atoms with van der Waals surface area (Å²) in [6.45, 7) is 0.740. The van der Waals surface area contributed by atoms with E-state index in [4.69, 9.17) is 10.5 Å². The van der Waals surface area contributed by atoms with Crippen LogP contribution in [0.2, 0.25) is 0 Å². The summed E-state index contributed by atoms with van der Waals surface area (Å²) in [5, 5.41) is 3.88. The molecule has 1 aromatic rings. The zero-order valence-corrected chi connectivity index (χ0v) is 9.93. The first-order valence-electron chi connectivity index (χ1n) is 5.76. The minimum Gasteiger partial charge on any atom is -0.501 e. The summed E-state index contributed by atoms with van der Waals surface area (Å²) in [6.07, 6.45) is 5.14. The predicted molar refractivity (Wildman–Crippen MR) is 70.1 cm³/mol. The molecule has 0 fully saturated rings. The van der Waals surface area contributed by atoms with Gasteiger partial charge in [-0.1, -0.05) is 12.1 Å². The van der Waals surface area contributed by atoms with Crippen molar-refractivity contribution in [3.8, 4) is 0 Å². The lowest BCUT2D eigenvalue weighted by molar-refractivity contribution is 0.0956. The van der Waals surface area contributed by atoms with Crippen molar-refractivity contribution in [2.24, 2.45) is 5.10 Å². The van der Waals surface area contributed by atoms with Crippen LogP contribution in [0.25, 0.3) is 0 Å². The number of para-hydroxylation sites is 1. The zero-order chi connectivity index (χ0) is 12.8.